The average Bonchev–Trinajstić information content (AvgIpc) is 2.43. The monoisotopic (exact) mass is 257 g/mol. The minimum Gasteiger partial charge on any atom is -0.480 e. The molecule has 0 saturated heterocycles. The first-order chi connectivity index (χ1) is 9.08. The van der Waals surface area contributed by atoms with Crippen LogP contribution >= 0.6 is 0 Å². The van der Waals surface area contributed by atoms with Crippen LogP contribution in [0, 0.1) is 0 Å². The molecule has 0 bridgehead atoms. The van der Waals surface area contributed by atoms with Gasteiger partial charge in [0.2, 0.25) is 5.91 Å². The molecular formula is C15H15NO3. The van der Waals surface area contributed by atoms with E-state index in [-0.39, 0.29) is 18.4 Å². The van der Waals surface area contributed by atoms with Gasteiger partial charge in [0.15, 0.2) is 0 Å². The Hall–Kier alpha value is -2.36. The van der Waals surface area contributed by atoms with Crippen molar-refractivity contribution in [3.05, 3.63) is 48.0 Å². The highest BCUT2D eigenvalue weighted by molar-refractivity contribution is 5.89. The molecule has 1 atom stereocenters. The first-order valence-corrected chi connectivity index (χ1v) is 6.06. The summed E-state index contributed by atoms with van der Waals surface area (Å²) in [4.78, 5) is 22.2. The van der Waals surface area contributed by atoms with Crippen LogP contribution < -0.4 is 5.32 Å². The number of carboxylic acids is 1. The molecular weight excluding hydrogens is 242 g/mol. The molecule has 0 aromatic heterocycles. The summed E-state index contributed by atoms with van der Waals surface area (Å²) in [6, 6.07) is 13.7. The molecule has 2 aromatic rings. The SMILES string of the molecule is CC(C(=O)NCC(=O)O)c1ccc2ccccc2c1. The van der Waals surface area contributed by atoms with E-state index in [2.05, 4.69) is 5.32 Å². The first kappa shape index (κ1) is 13.1. The number of aliphatic carboxylic acids is 1. The Bertz CT molecular complexity index is 622. The predicted molar refractivity (Wildman–Crippen MR) is 73.0 cm³/mol. The highest BCUT2D eigenvalue weighted by Gasteiger charge is 2.15. The lowest BCUT2D eigenvalue weighted by Crippen LogP contribution is -2.32. The van der Waals surface area contributed by atoms with Gasteiger partial charge in [0.05, 0.1) is 5.92 Å². The summed E-state index contributed by atoms with van der Waals surface area (Å²) in [5.41, 5.74) is 0.876. The second kappa shape index (κ2) is 5.52. The van der Waals surface area contributed by atoms with Crippen LogP contribution in [0.2, 0.25) is 0 Å². The molecule has 0 spiro atoms. The van der Waals surface area contributed by atoms with Gasteiger partial charge < -0.3 is 10.4 Å². The summed E-state index contributed by atoms with van der Waals surface area (Å²) in [5, 5.41) is 13.1. The number of carbonyl (C=O) groups excluding carboxylic acids is 1. The standard InChI is InChI=1S/C15H15NO3/c1-10(15(19)16-9-14(17)18)12-7-6-11-4-2-3-5-13(11)8-12/h2-8,10H,9H2,1H3,(H,16,19)(H,17,18). The van der Waals surface area contributed by atoms with Crippen molar-refractivity contribution in [1.29, 1.82) is 0 Å². The van der Waals surface area contributed by atoms with Gasteiger partial charge in [0.1, 0.15) is 6.54 Å². The Morgan fingerprint density at radius 2 is 1.84 bits per heavy atom. The quantitative estimate of drug-likeness (QED) is 0.881. The maximum absolute atomic E-state index is 11.8. The lowest BCUT2D eigenvalue weighted by Gasteiger charge is -2.12. The molecule has 0 saturated carbocycles. The molecule has 4 nitrogen and oxygen atoms in total. The van der Waals surface area contributed by atoms with Crippen LogP contribution in [-0.4, -0.2) is 23.5 Å². The van der Waals surface area contributed by atoms with Crippen LogP contribution in [0.15, 0.2) is 42.5 Å². The van der Waals surface area contributed by atoms with Crippen molar-refractivity contribution in [2.75, 3.05) is 6.54 Å². The van der Waals surface area contributed by atoms with Crippen molar-refractivity contribution < 1.29 is 14.7 Å². The molecule has 4 heteroatoms. The minimum absolute atomic E-state index is 0.280. The second-order valence-electron chi connectivity index (χ2n) is 4.44. The van der Waals surface area contributed by atoms with Crippen molar-refractivity contribution >= 4 is 22.6 Å². The van der Waals surface area contributed by atoms with Gasteiger partial charge in [-0.2, -0.15) is 0 Å². The molecule has 19 heavy (non-hydrogen) atoms. The summed E-state index contributed by atoms with van der Waals surface area (Å²) < 4.78 is 0. The molecule has 2 aromatic carbocycles. The van der Waals surface area contributed by atoms with Gasteiger partial charge in [0, 0.05) is 0 Å². The van der Waals surface area contributed by atoms with Gasteiger partial charge >= 0.3 is 5.97 Å². The third-order valence-electron chi connectivity index (χ3n) is 3.08. The molecule has 0 radical (unpaired) electrons. The zero-order chi connectivity index (χ0) is 13.8. The van der Waals surface area contributed by atoms with Crippen LogP contribution in [0.25, 0.3) is 10.8 Å². The van der Waals surface area contributed by atoms with Crippen molar-refractivity contribution in [2.45, 2.75) is 12.8 Å². The molecule has 0 aliphatic carbocycles. The van der Waals surface area contributed by atoms with E-state index in [4.69, 9.17) is 5.11 Å². The molecule has 0 aliphatic heterocycles. The minimum atomic E-state index is -1.04. The van der Waals surface area contributed by atoms with Crippen molar-refractivity contribution in [1.82, 2.24) is 5.32 Å². The van der Waals surface area contributed by atoms with Gasteiger partial charge in [-0.3, -0.25) is 9.59 Å². The number of amides is 1. The molecule has 0 fully saturated rings. The fraction of sp³-hybridized carbons (Fsp3) is 0.200. The number of carbonyl (C=O) groups is 2. The normalized spacial score (nSPS) is 12.1. The zero-order valence-corrected chi connectivity index (χ0v) is 10.6. The Morgan fingerprint density at radius 1 is 1.16 bits per heavy atom. The number of hydrogen-bond donors (Lipinski definition) is 2. The number of carboxylic acid groups (broad SMARTS) is 1. The van der Waals surface area contributed by atoms with Gasteiger partial charge in [-0.1, -0.05) is 42.5 Å². The Labute approximate surface area is 111 Å². The molecule has 0 heterocycles. The van der Waals surface area contributed by atoms with Crippen LogP contribution in [0.5, 0.6) is 0 Å². The lowest BCUT2D eigenvalue weighted by molar-refractivity contribution is -0.138. The summed E-state index contributed by atoms with van der Waals surface area (Å²) >= 11 is 0. The molecule has 0 aliphatic rings. The first-order valence-electron chi connectivity index (χ1n) is 6.06. The van der Waals surface area contributed by atoms with E-state index in [9.17, 15) is 9.59 Å². The number of nitrogens with one attached hydrogen (secondary N) is 1. The molecule has 2 N–H and O–H groups in total. The Balaban J connectivity index is 2.18. The second-order valence-corrected chi connectivity index (χ2v) is 4.44. The van der Waals surface area contributed by atoms with Crippen molar-refractivity contribution in [3.8, 4) is 0 Å². The molecule has 98 valence electrons. The van der Waals surface area contributed by atoms with Gasteiger partial charge in [-0.25, -0.2) is 0 Å². The smallest absolute Gasteiger partial charge is 0.322 e. The third kappa shape index (κ3) is 3.10. The highest BCUT2D eigenvalue weighted by atomic mass is 16.4. The van der Waals surface area contributed by atoms with E-state index in [0.717, 1.165) is 16.3 Å². The van der Waals surface area contributed by atoms with Gasteiger partial charge in [0.25, 0.3) is 0 Å². The highest BCUT2D eigenvalue weighted by Crippen LogP contribution is 2.21. The number of rotatable bonds is 4. The Morgan fingerprint density at radius 3 is 2.53 bits per heavy atom. The molecule has 2 rings (SSSR count). The lowest BCUT2D eigenvalue weighted by atomic mass is 9.97. The van der Waals surface area contributed by atoms with E-state index in [0.29, 0.717) is 0 Å². The summed E-state index contributed by atoms with van der Waals surface area (Å²) in [6.45, 7) is 1.41. The summed E-state index contributed by atoms with van der Waals surface area (Å²) in [6.07, 6.45) is 0. The summed E-state index contributed by atoms with van der Waals surface area (Å²) in [7, 11) is 0. The maximum Gasteiger partial charge on any atom is 0.322 e. The van der Waals surface area contributed by atoms with E-state index in [1.165, 1.54) is 0 Å². The van der Waals surface area contributed by atoms with Crippen LogP contribution in [0.3, 0.4) is 0 Å². The molecule has 1 amide bonds. The zero-order valence-electron chi connectivity index (χ0n) is 10.6. The van der Waals surface area contributed by atoms with E-state index < -0.39 is 5.97 Å². The fourth-order valence-corrected chi connectivity index (χ4v) is 1.94. The summed E-state index contributed by atoms with van der Waals surface area (Å²) in [5.74, 6) is -1.69. The Kier molecular flexibility index (Phi) is 3.80. The van der Waals surface area contributed by atoms with Crippen LogP contribution in [-0.2, 0) is 9.59 Å². The fourth-order valence-electron chi connectivity index (χ4n) is 1.94. The largest absolute Gasteiger partial charge is 0.480 e. The topological polar surface area (TPSA) is 66.4 Å². The predicted octanol–water partition coefficient (Wildman–Crippen LogP) is 2.14. The van der Waals surface area contributed by atoms with Crippen molar-refractivity contribution in [2.24, 2.45) is 0 Å². The average molecular weight is 257 g/mol. The number of hydrogen-bond acceptors (Lipinski definition) is 2. The molecule has 1 unspecified atom stereocenters. The van der Waals surface area contributed by atoms with E-state index >= 15 is 0 Å². The number of fused-ring (bicyclic) bond motifs is 1. The van der Waals surface area contributed by atoms with Gasteiger partial charge in [-0.15, -0.1) is 0 Å². The number of benzene rings is 2. The van der Waals surface area contributed by atoms with Crippen LogP contribution in [0.1, 0.15) is 18.4 Å². The van der Waals surface area contributed by atoms with E-state index in [1.807, 2.05) is 42.5 Å². The van der Waals surface area contributed by atoms with Crippen LogP contribution in [0.4, 0.5) is 0 Å². The van der Waals surface area contributed by atoms with E-state index in [1.54, 1.807) is 6.92 Å². The van der Waals surface area contributed by atoms with Gasteiger partial charge in [-0.05, 0) is 23.3 Å². The maximum atomic E-state index is 11.8. The third-order valence-corrected chi connectivity index (χ3v) is 3.08. The van der Waals surface area contributed by atoms with Crippen molar-refractivity contribution in [3.63, 3.8) is 0 Å².